The fourth-order valence-corrected chi connectivity index (χ4v) is 2.80. The van der Waals surface area contributed by atoms with Gasteiger partial charge in [0, 0.05) is 37.0 Å². The van der Waals surface area contributed by atoms with E-state index in [1.54, 1.807) is 6.08 Å². The van der Waals surface area contributed by atoms with E-state index >= 15 is 0 Å². The van der Waals surface area contributed by atoms with Crippen molar-refractivity contribution in [1.29, 1.82) is 10.8 Å². The first-order valence-corrected chi connectivity index (χ1v) is 9.50. The number of nitrogens with two attached hydrogens (primary N) is 2. The molecule has 28 heavy (non-hydrogen) atoms. The van der Waals surface area contributed by atoms with Crippen LogP contribution in [0.15, 0.2) is 75.6 Å². The molecular formula is C21H28N7+. The SMILES string of the molecule is CC(C)C(C=N)=CC(N)=NC1=CC=C2NC=C(C(C=N)=C[NH2+]C3CC3)C=C2N1. The Morgan fingerprint density at radius 3 is 2.68 bits per heavy atom. The topological polar surface area (TPSA) is 127 Å². The normalized spacial score (nSPS) is 20.2. The second-order valence-electron chi connectivity index (χ2n) is 7.34. The largest absolute Gasteiger partial charge is 0.384 e. The molecule has 0 radical (unpaired) electrons. The first-order valence-electron chi connectivity index (χ1n) is 9.50. The molecule has 0 aromatic rings. The van der Waals surface area contributed by atoms with Gasteiger partial charge in [0.1, 0.15) is 17.9 Å². The van der Waals surface area contributed by atoms with E-state index in [1.807, 2.05) is 44.5 Å². The van der Waals surface area contributed by atoms with Crippen LogP contribution in [0.25, 0.3) is 0 Å². The number of allylic oxidation sites excluding steroid dienone is 6. The van der Waals surface area contributed by atoms with Gasteiger partial charge in [-0.25, -0.2) is 4.99 Å². The molecule has 0 aromatic carbocycles. The highest BCUT2D eigenvalue weighted by molar-refractivity contribution is 5.97. The Kier molecular flexibility index (Phi) is 6.06. The standard InChI is InChI=1S/C21H27N7/c1-13(2)14(9-22)8-20(24)28-21-6-5-18-19(27-21)7-15(11-26-18)16(10-23)12-25-17-3-4-17/h5-13,17,22-23,25-27H,3-4H2,1-2H3,(H2,24,28)/p+1. The van der Waals surface area contributed by atoms with Gasteiger partial charge in [-0.05, 0) is 35.8 Å². The van der Waals surface area contributed by atoms with E-state index in [-0.39, 0.29) is 5.92 Å². The molecule has 1 fully saturated rings. The van der Waals surface area contributed by atoms with Crippen LogP contribution in [0.2, 0.25) is 0 Å². The van der Waals surface area contributed by atoms with Crippen molar-refractivity contribution in [3.8, 4) is 0 Å². The number of aliphatic imine (C=N–C) groups is 1. The van der Waals surface area contributed by atoms with Gasteiger partial charge in [-0.1, -0.05) is 13.8 Å². The summed E-state index contributed by atoms with van der Waals surface area (Å²) < 4.78 is 0. The van der Waals surface area contributed by atoms with Crippen LogP contribution in [-0.4, -0.2) is 24.3 Å². The zero-order valence-corrected chi connectivity index (χ0v) is 16.3. The van der Waals surface area contributed by atoms with Crippen molar-refractivity contribution in [2.45, 2.75) is 32.7 Å². The summed E-state index contributed by atoms with van der Waals surface area (Å²) in [5.74, 6) is 1.19. The number of nitrogens with one attached hydrogen (secondary N) is 4. The van der Waals surface area contributed by atoms with E-state index in [2.05, 4.69) is 20.9 Å². The smallest absolute Gasteiger partial charge is 0.132 e. The summed E-state index contributed by atoms with van der Waals surface area (Å²) in [4.78, 5) is 4.42. The maximum Gasteiger partial charge on any atom is 0.132 e. The number of rotatable bonds is 8. The maximum absolute atomic E-state index is 7.72. The molecule has 3 rings (SSSR count). The highest BCUT2D eigenvalue weighted by Crippen LogP contribution is 2.22. The molecule has 0 spiro atoms. The van der Waals surface area contributed by atoms with Gasteiger partial charge in [-0.15, -0.1) is 0 Å². The molecule has 146 valence electrons. The Morgan fingerprint density at radius 2 is 2.04 bits per heavy atom. The molecule has 7 heteroatoms. The van der Waals surface area contributed by atoms with Crippen LogP contribution < -0.4 is 21.7 Å². The fraction of sp³-hybridized carbons (Fsp3) is 0.286. The third-order valence-corrected chi connectivity index (χ3v) is 4.70. The molecule has 7 nitrogen and oxygen atoms in total. The predicted molar refractivity (Wildman–Crippen MR) is 114 cm³/mol. The molecule has 0 saturated heterocycles. The van der Waals surface area contributed by atoms with E-state index in [0.29, 0.717) is 17.7 Å². The zero-order valence-electron chi connectivity index (χ0n) is 16.3. The summed E-state index contributed by atoms with van der Waals surface area (Å²) in [6, 6.07) is 0.666. The zero-order chi connectivity index (χ0) is 20.1. The molecule has 0 amide bonds. The molecular weight excluding hydrogens is 350 g/mol. The molecule has 2 heterocycles. The summed E-state index contributed by atoms with van der Waals surface area (Å²) >= 11 is 0. The van der Waals surface area contributed by atoms with Crippen molar-refractivity contribution in [1.82, 2.24) is 10.6 Å². The summed E-state index contributed by atoms with van der Waals surface area (Å²) in [5, 5.41) is 23.9. The number of nitrogens with zero attached hydrogens (tertiary/aromatic N) is 1. The van der Waals surface area contributed by atoms with Crippen LogP contribution in [0.5, 0.6) is 0 Å². The molecule has 1 aliphatic carbocycles. The Hall–Kier alpha value is -3.19. The fourth-order valence-electron chi connectivity index (χ4n) is 2.80. The Bertz CT molecular complexity index is 874. The lowest BCUT2D eigenvalue weighted by Gasteiger charge is -2.23. The van der Waals surface area contributed by atoms with Crippen molar-refractivity contribution in [2.24, 2.45) is 16.6 Å². The molecule has 0 atom stereocenters. The molecule has 1 saturated carbocycles. The number of amidine groups is 1. The third-order valence-electron chi connectivity index (χ3n) is 4.70. The van der Waals surface area contributed by atoms with Gasteiger partial charge in [0.15, 0.2) is 0 Å². The maximum atomic E-state index is 7.72. The second-order valence-corrected chi connectivity index (χ2v) is 7.34. The first kappa shape index (κ1) is 19.6. The van der Waals surface area contributed by atoms with Crippen LogP contribution in [-0.2, 0) is 0 Å². The van der Waals surface area contributed by atoms with Crippen molar-refractivity contribution in [3.05, 3.63) is 70.6 Å². The van der Waals surface area contributed by atoms with E-state index < -0.39 is 0 Å². The number of dihydropyridines is 2. The minimum atomic E-state index is 0.211. The van der Waals surface area contributed by atoms with Crippen molar-refractivity contribution < 1.29 is 5.32 Å². The molecule has 0 bridgehead atoms. The Labute approximate surface area is 165 Å². The van der Waals surface area contributed by atoms with Crippen LogP contribution >= 0.6 is 0 Å². The molecule has 8 N–H and O–H groups in total. The van der Waals surface area contributed by atoms with Crippen molar-refractivity contribution >= 4 is 18.3 Å². The van der Waals surface area contributed by atoms with E-state index in [0.717, 1.165) is 28.1 Å². The van der Waals surface area contributed by atoms with Gasteiger partial charge in [-0.2, -0.15) is 0 Å². The van der Waals surface area contributed by atoms with Gasteiger partial charge < -0.3 is 32.5 Å². The number of fused-ring (bicyclic) bond motifs is 1. The minimum Gasteiger partial charge on any atom is -0.384 e. The molecule has 0 unspecified atom stereocenters. The van der Waals surface area contributed by atoms with Gasteiger partial charge in [0.05, 0.1) is 23.0 Å². The first-order chi connectivity index (χ1) is 13.5. The summed E-state index contributed by atoms with van der Waals surface area (Å²) in [7, 11) is 0. The Balaban J connectivity index is 1.76. The molecule has 2 aliphatic heterocycles. The van der Waals surface area contributed by atoms with Crippen LogP contribution in [0, 0.1) is 16.7 Å². The van der Waals surface area contributed by atoms with Gasteiger partial charge >= 0.3 is 0 Å². The lowest BCUT2D eigenvalue weighted by molar-refractivity contribution is -0.602. The average molecular weight is 379 g/mol. The molecule has 3 aliphatic rings. The summed E-state index contributed by atoms with van der Waals surface area (Å²) in [6.07, 6.45) is 16.6. The predicted octanol–water partition coefficient (Wildman–Crippen LogP) is 1.53. The highest BCUT2D eigenvalue weighted by atomic mass is 15.1. The lowest BCUT2D eigenvalue weighted by Crippen LogP contribution is -2.80. The van der Waals surface area contributed by atoms with E-state index in [9.17, 15) is 0 Å². The summed E-state index contributed by atoms with van der Waals surface area (Å²) in [5.41, 5.74) is 10.5. The minimum absolute atomic E-state index is 0.211. The lowest BCUT2D eigenvalue weighted by atomic mass is 10.0. The van der Waals surface area contributed by atoms with Gasteiger partial charge in [0.25, 0.3) is 0 Å². The number of quaternary nitrogens is 1. The van der Waals surface area contributed by atoms with Crippen LogP contribution in [0.4, 0.5) is 0 Å². The van der Waals surface area contributed by atoms with Gasteiger partial charge in [0.2, 0.25) is 0 Å². The Morgan fingerprint density at radius 1 is 1.25 bits per heavy atom. The number of hydrogen-bond donors (Lipinski definition) is 6. The van der Waals surface area contributed by atoms with Crippen LogP contribution in [0.3, 0.4) is 0 Å². The number of hydrogen-bond acceptors (Lipinski definition) is 5. The second kappa shape index (κ2) is 8.67. The average Bonchev–Trinajstić information content (AvgIpc) is 3.50. The van der Waals surface area contributed by atoms with Crippen molar-refractivity contribution in [2.75, 3.05) is 0 Å². The quantitative estimate of drug-likeness (QED) is 0.283. The summed E-state index contributed by atoms with van der Waals surface area (Å²) in [6.45, 7) is 4.03. The monoisotopic (exact) mass is 378 g/mol. The van der Waals surface area contributed by atoms with Gasteiger partial charge in [-0.3, -0.25) is 0 Å². The van der Waals surface area contributed by atoms with Crippen LogP contribution in [0.1, 0.15) is 26.7 Å². The van der Waals surface area contributed by atoms with E-state index in [4.69, 9.17) is 16.6 Å². The third kappa shape index (κ3) is 4.95. The van der Waals surface area contributed by atoms with Crippen molar-refractivity contribution in [3.63, 3.8) is 0 Å². The molecule has 0 aromatic heterocycles. The van der Waals surface area contributed by atoms with E-state index in [1.165, 1.54) is 25.3 Å². The highest BCUT2D eigenvalue weighted by Gasteiger charge is 2.24.